The minimum absolute atomic E-state index is 0.0467. The van der Waals surface area contributed by atoms with Gasteiger partial charge in [0, 0.05) is 39.3 Å². The number of aromatic hydroxyl groups is 2. The summed E-state index contributed by atoms with van der Waals surface area (Å²) in [4.78, 5) is 105. The summed E-state index contributed by atoms with van der Waals surface area (Å²) in [6, 6.07) is 16.9. The number of aliphatic imine (C=N–C) groups is 2. The fraction of sp³-hybridized carbons (Fsp3) is 0.392. The highest BCUT2D eigenvalue weighted by Crippen LogP contribution is 2.21. The minimum atomic E-state index is -1.45. The number of hydrogen-bond acceptors (Lipinski definition) is 12. The number of nitrogens with two attached hydrogens (primary N) is 6. The highest BCUT2D eigenvalue weighted by molar-refractivity contribution is 5.97. The number of rotatable bonds is 30. The van der Waals surface area contributed by atoms with Gasteiger partial charge in [-0.25, -0.2) is 0 Å². The zero-order valence-electron chi connectivity index (χ0n) is 41.4. The third-order valence-corrected chi connectivity index (χ3v) is 11.8. The van der Waals surface area contributed by atoms with Crippen molar-refractivity contribution in [3.63, 3.8) is 0 Å². The average molecular weight is 1020 g/mol. The number of phenolic OH excluding ortho intramolecular Hbond substituents is 2. The van der Waals surface area contributed by atoms with E-state index in [4.69, 9.17) is 34.4 Å². The van der Waals surface area contributed by atoms with E-state index in [2.05, 4.69) is 41.9 Å². The summed E-state index contributed by atoms with van der Waals surface area (Å²) in [5.41, 5.74) is 35.1. The first-order valence-electron chi connectivity index (χ1n) is 24.2. The van der Waals surface area contributed by atoms with Crippen molar-refractivity contribution in [3.05, 3.63) is 108 Å². The number of guanidine groups is 2. The smallest absolute Gasteiger partial charge is 0.243 e. The Hall–Kier alpha value is -8.47. The van der Waals surface area contributed by atoms with Crippen molar-refractivity contribution in [2.75, 3.05) is 19.6 Å². The van der Waals surface area contributed by atoms with Crippen LogP contribution in [-0.4, -0.2) is 119 Å². The lowest BCUT2D eigenvalue weighted by Crippen LogP contribution is -2.60. The molecule has 0 aliphatic heterocycles. The van der Waals surface area contributed by atoms with Crippen molar-refractivity contribution in [2.24, 2.45) is 44.4 Å². The summed E-state index contributed by atoms with van der Waals surface area (Å²) >= 11 is 0. The lowest BCUT2D eigenvalue weighted by Gasteiger charge is -2.28. The van der Waals surface area contributed by atoms with E-state index in [0.717, 1.165) is 10.8 Å². The molecular weight excluding hydrogens is 953 g/mol. The summed E-state index contributed by atoms with van der Waals surface area (Å²) in [5, 5.41) is 38.0. The number of amides is 7. The SMILES string of the molecule is CC(=O)N[C@@H](CCCN=C(N)N)C(=O)N[C@@H](Cc1ccc(O)cc1)C(=O)N[C@@H](Cc1ccc(O)cc1)C(=O)N[C@@H](CCCN=C(N)N)C(=O)N[C@@H](Cc1cccc2ccccc12)C(=O)N[C@@H](CCCCN)C(N)=O. The molecule has 0 radical (unpaired) electrons. The molecule has 0 heterocycles. The normalized spacial score (nSPS) is 13.3. The van der Waals surface area contributed by atoms with Gasteiger partial charge in [0.15, 0.2) is 11.9 Å². The number of nitrogens with zero attached hydrogens (tertiary/aromatic N) is 2. The number of carbonyl (C=O) groups excluding carboxylic acids is 7. The number of nitrogens with one attached hydrogen (secondary N) is 6. The maximum atomic E-state index is 14.7. The lowest BCUT2D eigenvalue weighted by molar-refractivity contribution is -0.135. The van der Waals surface area contributed by atoms with E-state index in [1.165, 1.54) is 55.5 Å². The Morgan fingerprint density at radius 1 is 0.473 bits per heavy atom. The zero-order chi connectivity index (χ0) is 54.2. The molecule has 0 spiro atoms. The van der Waals surface area contributed by atoms with E-state index in [1.54, 1.807) is 6.07 Å². The third kappa shape index (κ3) is 20.0. The number of phenols is 2. The van der Waals surface area contributed by atoms with Crippen LogP contribution in [0.1, 0.15) is 68.6 Å². The van der Waals surface area contributed by atoms with Gasteiger partial charge in [-0.1, -0.05) is 66.7 Å². The van der Waals surface area contributed by atoms with Crippen LogP contribution in [0.15, 0.2) is 101 Å². The predicted molar refractivity (Wildman–Crippen MR) is 280 cm³/mol. The molecule has 0 saturated carbocycles. The Morgan fingerprint density at radius 3 is 1.34 bits per heavy atom. The maximum Gasteiger partial charge on any atom is 0.243 e. The van der Waals surface area contributed by atoms with Crippen molar-refractivity contribution in [1.82, 2.24) is 31.9 Å². The van der Waals surface area contributed by atoms with E-state index in [1.807, 2.05) is 36.4 Å². The number of fused-ring (bicyclic) bond motifs is 1. The standard InChI is InChI=1S/C51H70N14O9/c1-30(66)60-39(14-7-25-58-50(54)55)45(70)63-42(28-32-18-22-36(68)23-19-32)48(73)64-41(27-31-16-20-35(67)21-17-31)47(72)62-40(15-8-26-59-51(56)57)46(71)65-43(49(74)61-38(44(53)69)13-4-5-24-52)29-34-11-6-10-33-9-2-3-12-37(33)34/h2-3,6,9-12,16-23,38-43,67-68H,4-5,7-8,13-15,24-29,52H2,1H3,(H2,53,69)(H,60,66)(H,61,74)(H,62,72)(H,63,70)(H,64,73)(H,65,71)(H4,54,55,58)(H4,56,57,59)/t38-,39-,40-,41-,42-,43-/m0/s1. The first kappa shape index (κ1) is 58.1. The molecule has 0 bridgehead atoms. The summed E-state index contributed by atoms with van der Waals surface area (Å²) in [6.45, 7) is 1.78. The van der Waals surface area contributed by atoms with Gasteiger partial charge in [0.05, 0.1) is 0 Å². The van der Waals surface area contributed by atoms with Crippen LogP contribution in [0.5, 0.6) is 11.5 Å². The minimum Gasteiger partial charge on any atom is -0.508 e. The number of carbonyl (C=O) groups is 7. The zero-order valence-corrected chi connectivity index (χ0v) is 41.4. The van der Waals surface area contributed by atoms with Gasteiger partial charge in [0.1, 0.15) is 47.8 Å². The van der Waals surface area contributed by atoms with E-state index in [9.17, 15) is 43.8 Å². The van der Waals surface area contributed by atoms with Gasteiger partial charge in [0.25, 0.3) is 0 Å². The number of unbranched alkanes of at least 4 members (excludes halogenated alkanes) is 1. The molecule has 23 nitrogen and oxygen atoms in total. The van der Waals surface area contributed by atoms with Crippen LogP contribution in [-0.2, 0) is 52.8 Å². The first-order valence-corrected chi connectivity index (χ1v) is 24.2. The van der Waals surface area contributed by atoms with E-state index >= 15 is 0 Å². The number of hydrogen-bond donors (Lipinski definition) is 14. The molecule has 0 fully saturated rings. The van der Waals surface area contributed by atoms with Gasteiger partial charge in [0.2, 0.25) is 41.4 Å². The van der Waals surface area contributed by atoms with Crippen LogP contribution < -0.4 is 66.3 Å². The molecular formula is C51H70N14O9. The van der Waals surface area contributed by atoms with Gasteiger partial charge in [-0.3, -0.25) is 43.5 Å². The Kier molecular flexibility index (Phi) is 23.4. The van der Waals surface area contributed by atoms with Crippen molar-refractivity contribution >= 4 is 64.0 Å². The summed E-state index contributed by atoms with van der Waals surface area (Å²) in [6.07, 6.45) is 1.30. The topological polar surface area (TPSA) is 413 Å². The van der Waals surface area contributed by atoms with Gasteiger partial charge in [-0.05, 0) is 103 Å². The van der Waals surface area contributed by atoms with Gasteiger partial charge < -0.3 is 76.5 Å². The van der Waals surface area contributed by atoms with Crippen molar-refractivity contribution in [3.8, 4) is 11.5 Å². The van der Waals surface area contributed by atoms with Gasteiger partial charge in [-0.15, -0.1) is 0 Å². The van der Waals surface area contributed by atoms with Crippen LogP contribution >= 0.6 is 0 Å². The fourth-order valence-electron chi connectivity index (χ4n) is 7.98. The quantitative estimate of drug-likeness (QED) is 0.0168. The van der Waals surface area contributed by atoms with Crippen LogP contribution in [0.25, 0.3) is 10.8 Å². The van der Waals surface area contributed by atoms with Gasteiger partial charge in [-0.2, -0.15) is 0 Å². The van der Waals surface area contributed by atoms with E-state index in [-0.39, 0.29) is 87.9 Å². The molecule has 398 valence electrons. The third-order valence-electron chi connectivity index (χ3n) is 11.8. The Labute approximate surface area is 429 Å². The van der Waals surface area contributed by atoms with Crippen LogP contribution in [0, 0.1) is 0 Å². The number of primary amides is 1. The molecule has 4 rings (SSSR count). The van der Waals surface area contributed by atoms with E-state index < -0.39 is 77.6 Å². The second-order valence-electron chi connectivity index (χ2n) is 17.7. The molecule has 0 unspecified atom stereocenters. The molecule has 0 saturated heterocycles. The molecule has 4 aromatic rings. The Bertz CT molecular complexity index is 2580. The largest absolute Gasteiger partial charge is 0.508 e. The van der Waals surface area contributed by atoms with Crippen molar-refractivity contribution in [2.45, 2.75) is 107 Å². The van der Waals surface area contributed by atoms with E-state index in [0.29, 0.717) is 36.1 Å². The molecule has 7 amide bonds. The van der Waals surface area contributed by atoms with Crippen molar-refractivity contribution < 1.29 is 43.8 Å². The molecule has 74 heavy (non-hydrogen) atoms. The second-order valence-corrected chi connectivity index (χ2v) is 17.7. The second kappa shape index (κ2) is 29.8. The Morgan fingerprint density at radius 2 is 0.878 bits per heavy atom. The monoisotopic (exact) mass is 1020 g/mol. The predicted octanol–water partition coefficient (Wildman–Crippen LogP) is -1.07. The van der Waals surface area contributed by atoms with Crippen LogP contribution in [0.2, 0.25) is 0 Å². The fourth-order valence-corrected chi connectivity index (χ4v) is 7.98. The highest BCUT2D eigenvalue weighted by Gasteiger charge is 2.34. The molecule has 0 aliphatic carbocycles. The number of benzene rings is 4. The van der Waals surface area contributed by atoms with Crippen LogP contribution in [0.3, 0.4) is 0 Å². The molecule has 23 heteroatoms. The van der Waals surface area contributed by atoms with Crippen LogP contribution in [0.4, 0.5) is 0 Å². The van der Waals surface area contributed by atoms with Crippen molar-refractivity contribution in [1.29, 1.82) is 0 Å². The summed E-state index contributed by atoms with van der Waals surface area (Å²) in [7, 11) is 0. The molecule has 6 atom stereocenters. The summed E-state index contributed by atoms with van der Waals surface area (Å²) in [5.74, 6) is -5.77. The highest BCUT2D eigenvalue weighted by atomic mass is 16.3. The first-order chi connectivity index (χ1) is 35.3. The average Bonchev–Trinajstić information content (AvgIpc) is 3.35. The lowest BCUT2D eigenvalue weighted by atomic mass is 9.97. The Balaban J connectivity index is 1.71. The summed E-state index contributed by atoms with van der Waals surface area (Å²) < 4.78 is 0. The molecule has 20 N–H and O–H groups in total. The molecule has 0 aliphatic rings. The maximum absolute atomic E-state index is 14.7. The molecule has 4 aromatic carbocycles. The molecule has 0 aromatic heterocycles. The van der Waals surface area contributed by atoms with Gasteiger partial charge >= 0.3 is 0 Å².